The number of nitrogens with one attached hydrogen (secondary N) is 1. The molecule has 0 heterocycles. The van der Waals surface area contributed by atoms with Gasteiger partial charge in [0.2, 0.25) is 5.91 Å². The van der Waals surface area contributed by atoms with Crippen LogP contribution in [0.3, 0.4) is 0 Å². The Bertz CT molecular complexity index is 349. The summed E-state index contributed by atoms with van der Waals surface area (Å²) in [6.45, 7) is 3.81. The predicted octanol–water partition coefficient (Wildman–Crippen LogP) is -0.567. The first kappa shape index (κ1) is 12.7. The molecule has 0 bridgehead atoms. The van der Waals surface area contributed by atoms with Crippen LogP contribution in [0.1, 0.15) is 19.4 Å². The van der Waals surface area contributed by atoms with Crippen LogP contribution in [0.15, 0.2) is 24.3 Å². The maximum Gasteiger partial charge on any atom is 0.488 e. The van der Waals surface area contributed by atoms with Crippen molar-refractivity contribution in [3.05, 3.63) is 29.8 Å². The largest absolute Gasteiger partial charge is 0.488 e. The molecule has 3 N–H and O–H groups in total. The van der Waals surface area contributed by atoms with Crippen LogP contribution in [-0.4, -0.2) is 29.1 Å². The Balaban J connectivity index is 2.58. The van der Waals surface area contributed by atoms with Gasteiger partial charge in [0.05, 0.1) is 6.42 Å². The summed E-state index contributed by atoms with van der Waals surface area (Å²) in [6.07, 6.45) is 0.306. The molecule has 0 aromatic heterocycles. The minimum Gasteiger partial charge on any atom is -0.423 e. The Hall–Kier alpha value is -1.33. The highest BCUT2D eigenvalue weighted by Crippen LogP contribution is 1.99. The van der Waals surface area contributed by atoms with Crippen molar-refractivity contribution in [2.75, 3.05) is 0 Å². The van der Waals surface area contributed by atoms with Gasteiger partial charge in [0.1, 0.15) is 0 Å². The molecular formula is C11H16BNO3. The second-order valence-corrected chi connectivity index (χ2v) is 4.01. The summed E-state index contributed by atoms with van der Waals surface area (Å²) in [5.74, 6) is -0.0349. The predicted molar refractivity (Wildman–Crippen MR) is 63.3 cm³/mol. The van der Waals surface area contributed by atoms with E-state index in [1.165, 1.54) is 0 Å². The van der Waals surface area contributed by atoms with Gasteiger partial charge in [-0.15, -0.1) is 0 Å². The number of carbonyl (C=O) groups excluding carboxylic acids is 1. The molecule has 0 fully saturated rings. The fourth-order valence-electron chi connectivity index (χ4n) is 1.37. The molecule has 0 atom stereocenters. The lowest BCUT2D eigenvalue weighted by Crippen LogP contribution is -2.32. The number of hydrogen-bond donors (Lipinski definition) is 3. The number of hydrogen-bond acceptors (Lipinski definition) is 3. The van der Waals surface area contributed by atoms with Crippen molar-refractivity contribution in [1.29, 1.82) is 0 Å². The summed E-state index contributed by atoms with van der Waals surface area (Å²) in [4.78, 5) is 11.4. The first-order valence-electron chi connectivity index (χ1n) is 5.23. The van der Waals surface area contributed by atoms with E-state index in [4.69, 9.17) is 10.0 Å². The molecule has 0 saturated heterocycles. The van der Waals surface area contributed by atoms with Crippen molar-refractivity contribution in [2.24, 2.45) is 0 Å². The molecule has 86 valence electrons. The van der Waals surface area contributed by atoms with E-state index in [9.17, 15) is 4.79 Å². The van der Waals surface area contributed by atoms with E-state index >= 15 is 0 Å². The smallest absolute Gasteiger partial charge is 0.423 e. The van der Waals surface area contributed by atoms with Crippen molar-refractivity contribution in [1.82, 2.24) is 5.32 Å². The molecule has 16 heavy (non-hydrogen) atoms. The highest BCUT2D eigenvalue weighted by molar-refractivity contribution is 6.58. The maximum atomic E-state index is 11.4. The van der Waals surface area contributed by atoms with Crippen LogP contribution >= 0.6 is 0 Å². The lowest BCUT2D eigenvalue weighted by Gasteiger charge is -2.08. The van der Waals surface area contributed by atoms with Crippen LogP contribution in [0.2, 0.25) is 0 Å². The summed E-state index contributed by atoms with van der Waals surface area (Å²) >= 11 is 0. The zero-order valence-corrected chi connectivity index (χ0v) is 9.47. The van der Waals surface area contributed by atoms with Crippen molar-refractivity contribution >= 4 is 18.5 Å². The number of amides is 1. The standard InChI is InChI=1S/C11H16BNO3/c1-8(2)13-11(14)7-9-3-5-10(6-4-9)12(15)16/h3-6,8,15-16H,7H2,1-2H3,(H,13,14). The Morgan fingerprint density at radius 2 is 1.88 bits per heavy atom. The number of carbonyl (C=O) groups is 1. The van der Waals surface area contributed by atoms with Gasteiger partial charge in [0.15, 0.2) is 0 Å². The minimum absolute atomic E-state index is 0.0349. The van der Waals surface area contributed by atoms with Gasteiger partial charge in [0.25, 0.3) is 0 Å². The monoisotopic (exact) mass is 221 g/mol. The van der Waals surface area contributed by atoms with Crippen LogP contribution in [0, 0.1) is 0 Å². The maximum absolute atomic E-state index is 11.4. The molecule has 0 aliphatic heterocycles. The molecule has 0 unspecified atom stereocenters. The van der Waals surface area contributed by atoms with Gasteiger partial charge in [-0.2, -0.15) is 0 Å². The highest BCUT2D eigenvalue weighted by Gasteiger charge is 2.10. The molecule has 0 saturated carbocycles. The lowest BCUT2D eigenvalue weighted by molar-refractivity contribution is -0.120. The summed E-state index contributed by atoms with van der Waals surface area (Å²) in [5, 5.41) is 20.6. The van der Waals surface area contributed by atoms with E-state index in [1.807, 2.05) is 13.8 Å². The van der Waals surface area contributed by atoms with Gasteiger partial charge in [-0.3, -0.25) is 4.79 Å². The van der Waals surface area contributed by atoms with Crippen LogP contribution < -0.4 is 10.8 Å². The Morgan fingerprint density at radius 3 is 2.31 bits per heavy atom. The zero-order valence-electron chi connectivity index (χ0n) is 9.47. The summed E-state index contributed by atoms with van der Waals surface area (Å²) in [5.41, 5.74) is 1.27. The molecule has 0 aliphatic carbocycles. The Morgan fingerprint density at radius 1 is 1.31 bits per heavy atom. The lowest BCUT2D eigenvalue weighted by atomic mass is 9.80. The summed E-state index contributed by atoms with van der Waals surface area (Å²) in [7, 11) is -1.46. The molecular weight excluding hydrogens is 205 g/mol. The Kier molecular flexibility index (Phi) is 4.52. The third-order valence-electron chi connectivity index (χ3n) is 2.09. The van der Waals surface area contributed by atoms with Gasteiger partial charge in [-0.25, -0.2) is 0 Å². The third kappa shape index (κ3) is 4.04. The summed E-state index contributed by atoms with van der Waals surface area (Å²) < 4.78 is 0. The molecule has 0 aliphatic rings. The third-order valence-corrected chi connectivity index (χ3v) is 2.09. The molecule has 1 amide bonds. The van der Waals surface area contributed by atoms with Gasteiger partial charge < -0.3 is 15.4 Å². The molecule has 1 rings (SSSR count). The SMILES string of the molecule is CC(C)NC(=O)Cc1ccc(B(O)O)cc1. The van der Waals surface area contributed by atoms with Crippen LogP contribution in [0.25, 0.3) is 0 Å². The average molecular weight is 221 g/mol. The molecule has 4 nitrogen and oxygen atoms in total. The van der Waals surface area contributed by atoms with Gasteiger partial charge in [0, 0.05) is 6.04 Å². The van der Waals surface area contributed by atoms with Crippen molar-refractivity contribution in [2.45, 2.75) is 26.3 Å². The number of benzene rings is 1. The van der Waals surface area contributed by atoms with Crippen molar-refractivity contribution < 1.29 is 14.8 Å². The van der Waals surface area contributed by atoms with Gasteiger partial charge >= 0.3 is 7.12 Å². The van der Waals surface area contributed by atoms with E-state index in [1.54, 1.807) is 24.3 Å². The van der Waals surface area contributed by atoms with Crippen molar-refractivity contribution in [3.8, 4) is 0 Å². The Labute approximate surface area is 95.4 Å². The van der Waals surface area contributed by atoms with Crippen molar-refractivity contribution in [3.63, 3.8) is 0 Å². The molecule has 1 aromatic rings. The van der Waals surface area contributed by atoms with Crippen LogP contribution in [0.5, 0.6) is 0 Å². The number of rotatable bonds is 4. The molecule has 0 radical (unpaired) electrons. The molecule has 5 heteroatoms. The van der Waals surface area contributed by atoms with E-state index in [-0.39, 0.29) is 11.9 Å². The molecule has 1 aromatic carbocycles. The van der Waals surface area contributed by atoms with E-state index in [0.29, 0.717) is 11.9 Å². The second-order valence-electron chi connectivity index (χ2n) is 4.01. The fourth-order valence-corrected chi connectivity index (χ4v) is 1.37. The van der Waals surface area contributed by atoms with Crippen LogP contribution in [0.4, 0.5) is 0 Å². The first-order valence-corrected chi connectivity index (χ1v) is 5.23. The second kappa shape index (κ2) is 5.68. The topological polar surface area (TPSA) is 69.6 Å². The minimum atomic E-state index is -1.46. The van der Waals surface area contributed by atoms with E-state index in [2.05, 4.69) is 5.32 Å². The first-order chi connectivity index (χ1) is 7.49. The average Bonchev–Trinajstić information content (AvgIpc) is 2.16. The molecule has 0 spiro atoms. The van der Waals surface area contributed by atoms with Gasteiger partial charge in [-0.05, 0) is 24.9 Å². The van der Waals surface area contributed by atoms with E-state index in [0.717, 1.165) is 5.56 Å². The zero-order chi connectivity index (χ0) is 12.1. The van der Waals surface area contributed by atoms with E-state index < -0.39 is 7.12 Å². The quantitative estimate of drug-likeness (QED) is 0.596. The highest BCUT2D eigenvalue weighted by atomic mass is 16.4. The summed E-state index contributed by atoms with van der Waals surface area (Å²) in [6, 6.07) is 6.76. The normalized spacial score (nSPS) is 10.3. The van der Waals surface area contributed by atoms with Gasteiger partial charge in [-0.1, -0.05) is 24.3 Å². The fraction of sp³-hybridized carbons (Fsp3) is 0.364. The van der Waals surface area contributed by atoms with Crippen LogP contribution in [-0.2, 0) is 11.2 Å².